The average molecular weight is 182 g/mol. The van der Waals surface area contributed by atoms with Crippen LogP contribution < -0.4 is 0 Å². The number of fused-ring (bicyclic) bond motifs is 1. The summed E-state index contributed by atoms with van der Waals surface area (Å²) in [5.74, 6) is 0. The number of nitrogens with zero attached hydrogens (tertiary/aromatic N) is 1. The molecule has 0 unspecified atom stereocenters. The summed E-state index contributed by atoms with van der Waals surface area (Å²) in [7, 11) is 0. The zero-order valence-corrected chi connectivity index (χ0v) is 7.99. The fraction of sp³-hybridized carbons (Fsp3) is 0.500. The van der Waals surface area contributed by atoms with Gasteiger partial charge in [-0.2, -0.15) is 0 Å². The van der Waals surface area contributed by atoms with Crippen LogP contribution in [0.2, 0.25) is 5.15 Å². The number of aryl methyl sites for hydroxylation is 2. The van der Waals surface area contributed by atoms with Gasteiger partial charge in [-0.15, -0.1) is 0 Å². The van der Waals surface area contributed by atoms with Gasteiger partial charge in [0, 0.05) is 5.69 Å². The summed E-state index contributed by atoms with van der Waals surface area (Å²) in [6.07, 6.45) is 4.85. The Kier molecular flexibility index (Phi) is 2.05. The monoisotopic (exact) mass is 181 g/mol. The van der Waals surface area contributed by atoms with Crippen molar-refractivity contribution in [3.63, 3.8) is 0 Å². The van der Waals surface area contributed by atoms with Crippen molar-refractivity contribution < 1.29 is 0 Å². The molecule has 0 saturated heterocycles. The summed E-state index contributed by atoms with van der Waals surface area (Å²) in [6.45, 7) is 2.00. The fourth-order valence-corrected chi connectivity index (χ4v) is 2.18. The van der Waals surface area contributed by atoms with E-state index in [1.54, 1.807) is 0 Å². The van der Waals surface area contributed by atoms with E-state index in [0.717, 1.165) is 17.3 Å². The Morgan fingerprint density at radius 1 is 1.33 bits per heavy atom. The Bertz CT molecular complexity index is 307. The topological polar surface area (TPSA) is 12.9 Å². The van der Waals surface area contributed by atoms with Crippen LogP contribution in [0.4, 0.5) is 0 Å². The highest BCUT2D eigenvalue weighted by atomic mass is 35.5. The molecule has 0 spiro atoms. The van der Waals surface area contributed by atoms with Crippen LogP contribution in [0.1, 0.15) is 29.7 Å². The van der Waals surface area contributed by atoms with E-state index >= 15 is 0 Å². The van der Waals surface area contributed by atoms with Crippen molar-refractivity contribution in [1.82, 2.24) is 4.98 Å². The molecular weight excluding hydrogens is 170 g/mol. The molecule has 2 rings (SSSR count). The predicted molar refractivity (Wildman–Crippen MR) is 50.6 cm³/mol. The maximum absolute atomic E-state index is 6.04. The molecule has 0 fully saturated rings. The van der Waals surface area contributed by atoms with Gasteiger partial charge >= 0.3 is 0 Å². The molecule has 0 saturated carbocycles. The van der Waals surface area contributed by atoms with E-state index in [1.165, 1.54) is 30.4 Å². The maximum atomic E-state index is 6.04. The van der Waals surface area contributed by atoms with E-state index in [1.807, 2.05) is 6.92 Å². The molecule has 1 aliphatic carbocycles. The molecule has 0 atom stereocenters. The number of aromatic nitrogens is 1. The normalized spacial score (nSPS) is 15.8. The smallest absolute Gasteiger partial charge is 0.132 e. The minimum absolute atomic E-state index is 0.727. The Labute approximate surface area is 77.8 Å². The summed E-state index contributed by atoms with van der Waals surface area (Å²) < 4.78 is 0. The Morgan fingerprint density at radius 3 is 2.92 bits per heavy atom. The highest BCUT2D eigenvalue weighted by molar-refractivity contribution is 6.30. The van der Waals surface area contributed by atoms with E-state index < -0.39 is 0 Å². The lowest BCUT2D eigenvalue weighted by Gasteiger charge is -2.16. The first-order valence-electron chi connectivity index (χ1n) is 4.42. The molecule has 2 heteroatoms. The first-order valence-corrected chi connectivity index (χ1v) is 4.80. The van der Waals surface area contributed by atoms with Crippen LogP contribution in [0.25, 0.3) is 0 Å². The van der Waals surface area contributed by atoms with Crippen molar-refractivity contribution in [1.29, 1.82) is 0 Å². The van der Waals surface area contributed by atoms with E-state index in [-0.39, 0.29) is 0 Å². The second kappa shape index (κ2) is 3.06. The highest BCUT2D eigenvalue weighted by Gasteiger charge is 2.13. The quantitative estimate of drug-likeness (QED) is 0.561. The lowest BCUT2D eigenvalue weighted by Crippen LogP contribution is -2.05. The summed E-state index contributed by atoms with van der Waals surface area (Å²) in [6, 6.07) is 2.17. The number of rotatable bonds is 0. The molecule has 1 nitrogen and oxygen atoms in total. The van der Waals surface area contributed by atoms with Crippen molar-refractivity contribution >= 4 is 11.6 Å². The van der Waals surface area contributed by atoms with Gasteiger partial charge < -0.3 is 0 Å². The molecule has 0 aromatic carbocycles. The molecule has 1 heterocycles. The lowest BCUT2D eigenvalue weighted by molar-refractivity contribution is 0.681. The third-order valence-electron chi connectivity index (χ3n) is 2.42. The lowest BCUT2D eigenvalue weighted by atomic mass is 9.93. The van der Waals surface area contributed by atoms with Crippen molar-refractivity contribution in [3.8, 4) is 0 Å². The van der Waals surface area contributed by atoms with Gasteiger partial charge in [0.1, 0.15) is 5.15 Å². The van der Waals surface area contributed by atoms with Crippen molar-refractivity contribution in [2.45, 2.75) is 32.6 Å². The number of hydrogen-bond acceptors (Lipinski definition) is 1. The first-order chi connectivity index (χ1) is 5.77. The summed E-state index contributed by atoms with van der Waals surface area (Å²) >= 11 is 6.04. The van der Waals surface area contributed by atoms with Gasteiger partial charge in [-0.25, -0.2) is 4.98 Å². The Morgan fingerprint density at radius 2 is 2.08 bits per heavy atom. The largest absolute Gasteiger partial charge is 0.241 e. The molecule has 0 N–H and O–H groups in total. The van der Waals surface area contributed by atoms with Gasteiger partial charge in [-0.3, -0.25) is 0 Å². The van der Waals surface area contributed by atoms with Crippen molar-refractivity contribution in [2.75, 3.05) is 0 Å². The van der Waals surface area contributed by atoms with Gasteiger partial charge in [0.2, 0.25) is 0 Å². The molecule has 0 bridgehead atoms. The molecule has 64 valence electrons. The average Bonchev–Trinajstić information content (AvgIpc) is 2.04. The van der Waals surface area contributed by atoms with Crippen LogP contribution in [0.3, 0.4) is 0 Å². The van der Waals surface area contributed by atoms with Crippen molar-refractivity contribution in [2.24, 2.45) is 0 Å². The standard InChI is InChI=1S/C10H12ClN/c1-7-6-8-4-2-3-5-9(8)10(11)12-7/h6H,2-5H2,1H3. The Balaban J connectivity index is 2.53. The van der Waals surface area contributed by atoms with Gasteiger partial charge in [-0.05, 0) is 49.8 Å². The summed E-state index contributed by atoms with van der Waals surface area (Å²) in [5, 5.41) is 0.727. The van der Waals surface area contributed by atoms with Gasteiger partial charge in [0.25, 0.3) is 0 Å². The molecule has 0 radical (unpaired) electrons. The molecule has 12 heavy (non-hydrogen) atoms. The minimum atomic E-state index is 0.727. The maximum Gasteiger partial charge on any atom is 0.132 e. The van der Waals surface area contributed by atoms with Gasteiger partial charge in [-0.1, -0.05) is 11.6 Å². The SMILES string of the molecule is Cc1cc2c(c(Cl)n1)CCCC2. The van der Waals surface area contributed by atoms with E-state index in [2.05, 4.69) is 11.1 Å². The molecule has 0 aliphatic heterocycles. The van der Waals surface area contributed by atoms with Crippen LogP contribution in [0, 0.1) is 6.92 Å². The first kappa shape index (κ1) is 8.06. The van der Waals surface area contributed by atoms with Crippen LogP contribution in [-0.2, 0) is 12.8 Å². The Hall–Kier alpha value is -0.560. The van der Waals surface area contributed by atoms with Crippen LogP contribution in [0.15, 0.2) is 6.07 Å². The highest BCUT2D eigenvalue weighted by Crippen LogP contribution is 2.26. The van der Waals surface area contributed by atoms with Crippen LogP contribution >= 0.6 is 11.6 Å². The number of halogens is 1. The molecule has 1 aliphatic rings. The minimum Gasteiger partial charge on any atom is -0.241 e. The molecule has 1 aromatic heterocycles. The second-order valence-electron chi connectivity index (χ2n) is 3.40. The number of hydrogen-bond donors (Lipinski definition) is 0. The third-order valence-corrected chi connectivity index (χ3v) is 2.73. The third kappa shape index (κ3) is 1.34. The zero-order chi connectivity index (χ0) is 8.55. The molecule has 1 aromatic rings. The van der Waals surface area contributed by atoms with Gasteiger partial charge in [0.15, 0.2) is 0 Å². The molecular formula is C10H12ClN. The van der Waals surface area contributed by atoms with Crippen LogP contribution in [0.5, 0.6) is 0 Å². The van der Waals surface area contributed by atoms with Crippen LogP contribution in [-0.4, -0.2) is 4.98 Å². The number of pyridine rings is 1. The summed E-state index contributed by atoms with van der Waals surface area (Å²) in [4.78, 5) is 4.25. The summed E-state index contributed by atoms with van der Waals surface area (Å²) in [5.41, 5.74) is 3.74. The van der Waals surface area contributed by atoms with E-state index in [4.69, 9.17) is 11.6 Å². The van der Waals surface area contributed by atoms with E-state index in [9.17, 15) is 0 Å². The molecule has 0 amide bonds. The predicted octanol–water partition coefficient (Wildman–Crippen LogP) is 2.92. The zero-order valence-electron chi connectivity index (χ0n) is 7.23. The van der Waals surface area contributed by atoms with Crippen molar-refractivity contribution in [3.05, 3.63) is 28.0 Å². The second-order valence-corrected chi connectivity index (χ2v) is 3.76. The van der Waals surface area contributed by atoms with Gasteiger partial charge in [0.05, 0.1) is 0 Å². The van der Waals surface area contributed by atoms with E-state index in [0.29, 0.717) is 0 Å². The fourth-order valence-electron chi connectivity index (χ4n) is 1.83.